The lowest BCUT2D eigenvalue weighted by molar-refractivity contribution is -0.140. The number of carbonyl (C=O) groups excluding carboxylic acids is 3. The zero-order chi connectivity index (χ0) is 28.4. The summed E-state index contributed by atoms with van der Waals surface area (Å²) < 4.78 is 7.66. The van der Waals surface area contributed by atoms with E-state index in [4.69, 9.17) is 9.57 Å². The lowest BCUT2D eigenvalue weighted by Gasteiger charge is -2.39. The first-order valence-electron chi connectivity index (χ1n) is 13.5. The van der Waals surface area contributed by atoms with Gasteiger partial charge in [0.2, 0.25) is 5.78 Å². The van der Waals surface area contributed by atoms with E-state index in [0.29, 0.717) is 43.0 Å². The minimum Gasteiger partial charge on any atom is -0.379 e. The van der Waals surface area contributed by atoms with Crippen molar-refractivity contribution < 1.29 is 24.0 Å². The fraction of sp³-hybridized carbons (Fsp3) is 0.312. The fourth-order valence-corrected chi connectivity index (χ4v) is 5.41. The van der Waals surface area contributed by atoms with Crippen LogP contribution in [-0.2, 0) is 20.9 Å². The molecule has 5 rings (SSSR count). The molecule has 1 aliphatic rings. The van der Waals surface area contributed by atoms with Gasteiger partial charge in [0.25, 0.3) is 0 Å². The van der Waals surface area contributed by atoms with Crippen LogP contribution in [0.3, 0.4) is 0 Å². The van der Waals surface area contributed by atoms with Crippen LogP contribution < -0.4 is 0 Å². The predicted octanol–water partition coefficient (Wildman–Crippen LogP) is 5.26. The van der Waals surface area contributed by atoms with Crippen LogP contribution >= 0.6 is 0 Å². The molecular weight excluding hydrogens is 506 g/mol. The molecule has 0 amide bonds. The highest BCUT2D eigenvalue weighted by Crippen LogP contribution is 2.32. The van der Waals surface area contributed by atoms with E-state index in [1.54, 1.807) is 30.3 Å². The molecule has 0 saturated carbocycles. The number of carbonyl (C=O) groups is 3. The average molecular weight is 540 g/mol. The summed E-state index contributed by atoms with van der Waals surface area (Å²) in [6.07, 6.45) is 0. The van der Waals surface area contributed by atoms with Gasteiger partial charge in [-0.2, -0.15) is 0 Å². The minimum absolute atomic E-state index is 0.0394. The highest BCUT2D eigenvalue weighted by molar-refractivity contribution is 6.51. The molecule has 8 heteroatoms. The fourth-order valence-electron chi connectivity index (χ4n) is 5.41. The van der Waals surface area contributed by atoms with Gasteiger partial charge in [0, 0.05) is 65.1 Å². The Bertz CT molecular complexity index is 1630. The minimum atomic E-state index is -0.681. The van der Waals surface area contributed by atoms with E-state index in [1.165, 1.54) is 6.92 Å². The second kappa shape index (κ2) is 11.2. The molecule has 0 aliphatic carbocycles. The second-order valence-corrected chi connectivity index (χ2v) is 10.4. The third-order valence-electron chi connectivity index (χ3n) is 7.59. The number of aromatic nitrogens is 1. The predicted molar refractivity (Wildman–Crippen MR) is 155 cm³/mol. The van der Waals surface area contributed by atoms with Crippen LogP contribution in [0.5, 0.6) is 0 Å². The molecule has 1 fully saturated rings. The van der Waals surface area contributed by atoms with Crippen LogP contribution in [0.1, 0.15) is 54.0 Å². The Morgan fingerprint density at radius 3 is 2.08 bits per heavy atom. The number of ether oxygens (including phenoxy) is 1. The monoisotopic (exact) mass is 539 g/mol. The van der Waals surface area contributed by atoms with Crippen molar-refractivity contribution >= 4 is 45.1 Å². The molecule has 0 N–H and O–H groups in total. The second-order valence-electron chi connectivity index (χ2n) is 10.4. The van der Waals surface area contributed by atoms with Crippen LogP contribution in [0, 0.1) is 0 Å². The number of benzene rings is 3. The van der Waals surface area contributed by atoms with E-state index in [0.717, 1.165) is 28.4 Å². The van der Waals surface area contributed by atoms with E-state index < -0.39 is 11.5 Å². The Morgan fingerprint density at radius 2 is 1.48 bits per heavy atom. The smallest absolute Gasteiger partial charge is 0.332 e. The van der Waals surface area contributed by atoms with Gasteiger partial charge in [-0.15, -0.1) is 0 Å². The lowest BCUT2D eigenvalue weighted by Crippen LogP contribution is -2.54. The molecule has 1 saturated heterocycles. The van der Waals surface area contributed by atoms with E-state index in [1.807, 2.05) is 50.2 Å². The van der Waals surface area contributed by atoms with Crippen molar-refractivity contribution in [2.24, 2.45) is 5.16 Å². The summed E-state index contributed by atoms with van der Waals surface area (Å²) in [5.74, 6) is -0.937. The molecule has 1 aliphatic heterocycles. The van der Waals surface area contributed by atoms with Crippen molar-refractivity contribution in [3.8, 4) is 0 Å². The van der Waals surface area contributed by atoms with Gasteiger partial charge in [-0.25, -0.2) is 4.79 Å². The highest BCUT2D eigenvalue weighted by Gasteiger charge is 2.36. The maximum absolute atomic E-state index is 13.8. The van der Waals surface area contributed by atoms with Crippen LogP contribution in [-0.4, -0.2) is 64.6 Å². The standard InChI is InChI=1S/C32H33N3O5/c1-5-35-27-13-11-23(30(37)29(33-40-21(2)36)22-9-7-6-8-10-22)19-25(27)26-20-24(12-14-28(26)35)31(38)32(3,4)34-15-17-39-18-16-34/h6-14,19-20H,5,15-18H2,1-4H3/b33-29+. The molecule has 3 aromatic carbocycles. The molecule has 40 heavy (non-hydrogen) atoms. The Kier molecular flexibility index (Phi) is 7.65. The van der Waals surface area contributed by atoms with Crippen LogP contribution in [0.2, 0.25) is 0 Å². The average Bonchev–Trinajstić information content (AvgIpc) is 3.29. The molecule has 2 heterocycles. The largest absolute Gasteiger partial charge is 0.379 e. The van der Waals surface area contributed by atoms with Gasteiger partial charge in [-0.1, -0.05) is 35.5 Å². The van der Waals surface area contributed by atoms with Gasteiger partial charge >= 0.3 is 5.97 Å². The zero-order valence-electron chi connectivity index (χ0n) is 23.3. The Morgan fingerprint density at radius 1 is 0.875 bits per heavy atom. The first-order valence-corrected chi connectivity index (χ1v) is 13.5. The first-order chi connectivity index (χ1) is 19.2. The molecule has 1 aromatic heterocycles. The number of Topliss-reactive ketones (excluding diaryl/α,β-unsaturated/α-hetero) is 2. The maximum atomic E-state index is 13.8. The van der Waals surface area contributed by atoms with Crippen molar-refractivity contribution in [2.45, 2.75) is 39.8 Å². The van der Waals surface area contributed by atoms with E-state index in [2.05, 4.69) is 21.5 Å². The number of fused-ring (bicyclic) bond motifs is 3. The summed E-state index contributed by atoms with van der Waals surface area (Å²) in [5, 5.41) is 5.66. The Labute approximate surface area is 233 Å². The van der Waals surface area contributed by atoms with Crippen molar-refractivity contribution in [1.29, 1.82) is 0 Å². The Hall–Kier alpha value is -4.14. The zero-order valence-corrected chi connectivity index (χ0v) is 23.3. The number of oxime groups is 1. The lowest BCUT2D eigenvalue weighted by atomic mass is 9.90. The summed E-state index contributed by atoms with van der Waals surface area (Å²) in [5.41, 5.74) is 2.88. The molecule has 0 atom stereocenters. The molecule has 8 nitrogen and oxygen atoms in total. The summed E-state index contributed by atoms with van der Waals surface area (Å²) in [7, 11) is 0. The third kappa shape index (κ3) is 5.08. The number of ketones is 2. The number of morpholine rings is 1. The molecule has 0 spiro atoms. The Balaban J connectivity index is 1.60. The first kappa shape index (κ1) is 27.4. The molecule has 0 radical (unpaired) electrons. The molecule has 206 valence electrons. The van der Waals surface area contributed by atoms with Gasteiger partial charge in [0.1, 0.15) is 0 Å². The van der Waals surface area contributed by atoms with Crippen LogP contribution in [0.25, 0.3) is 21.8 Å². The number of rotatable bonds is 8. The molecule has 4 aromatic rings. The molecule has 0 unspecified atom stereocenters. The van der Waals surface area contributed by atoms with Gasteiger partial charge in [0.15, 0.2) is 11.5 Å². The van der Waals surface area contributed by atoms with Gasteiger partial charge < -0.3 is 14.1 Å². The highest BCUT2D eigenvalue weighted by atomic mass is 16.7. The number of hydrogen-bond acceptors (Lipinski definition) is 7. The summed E-state index contributed by atoms with van der Waals surface area (Å²) in [6, 6.07) is 20.2. The molecular formula is C32H33N3O5. The number of nitrogens with zero attached hydrogens (tertiary/aromatic N) is 3. The van der Waals surface area contributed by atoms with Gasteiger partial charge in [-0.05, 0) is 57.2 Å². The van der Waals surface area contributed by atoms with Gasteiger partial charge in [-0.3, -0.25) is 14.5 Å². The number of aryl methyl sites for hydroxylation is 1. The molecule has 0 bridgehead atoms. The van der Waals surface area contributed by atoms with Crippen LogP contribution in [0.4, 0.5) is 0 Å². The van der Waals surface area contributed by atoms with Crippen molar-refractivity contribution in [2.75, 3.05) is 26.3 Å². The third-order valence-corrected chi connectivity index (χ3v) is 7.59. The SMILES string of the molecule is CCn1c2ccc(C(=O)/C(=N/OC(C)=O)c3ccccc3)cc2c2cc(C(=O)C(C)(C)N3CCOCC3)ccc21. The van der Waals surface area contributed by atoms with E-state index in [9.17, 15) is 14.4 Å². The van der Waals surface area contributed by atoms with Crippen molar-refractivity contribution in [1.82, 2.24) is 9.47 Å². The van der Waals surface area contributed by atoms with Gasteiger partial charge in [0.05, 0.1) is 18.8 Å². The topological polar surface area (TPSA) is 90.2 Å². The van der Waals surface area contributed by atoms with E-state index in [-0.39, 0.29) is 17.3 Å². The summed E-state index contributed by atoms with van der Waals surface area (Å²) in [6.45, 7) is 10.6. The van der Waals surface area contributed by atoms with E-state index >= 15 is 0 Å². The summed E-state index contributed by atoms with van der Waals surface area (Å²) in [4.78, 5) is 46.0. The normalized spacial score (nSPS) is 14.9. The number of hydrogen-bond donors (Lipinski definition) is 0. The maximum Gasteiger partial charge on any atom is 0.332 e. The quantitative estimate of drug-likeness (QED) is 0.131. The van der Waals surface area contributed by atoms with Crippen LogP contribution in [0.15, 0.2) is 71.9 Å². The van der Waals surface area contributed by atoms with Crippen molar-refractivity contribution in [3.05, 3.63) is 83.4 Å². The van der Waals surface area contributed by atoms with Crippen molar-refractivity contribution in [3.63, 3.8) is 0 Å². The summed E-state index contributed by atoms with van der Waals surface area (Å²) >= 11 is 0.